The summed E-state index contributed by atoms with van der Waals surface area (Å²) in [6.07, 6.45) is 7.07. The van der Waals surface area contributed by atoms with Crippen LogP contribution in [0.15, 0.2) is 43.1 Å². The van der Waals surface area contributed by atoms with Crippen LogP contribution in [0.2, 0.25) is 0 Å². The zero-order chi connectivity index (χ0) is 26.4. The number of halogens is 2. The number of benzene rings is 1. The molecule has 1 atom stereocenters. The Kier molecular flexibility index (Phi) is 6.28. The number of piperidine rings is 1. The Morgan fingerprint density at radius 1 is 1.11 bits per heavy atom. The van der Waals surface area contributed by atoms with E-state index in [9.17, 15) is 17.2 Å². The van der Waals surface area contributed by atoms with Crippen molar-refractivity contribution >= 4 is 32.5 Å². The Bertz CT molecular complexity index is 1590. The monoisotopic (exact) mass is 528 g/mol. The fourth-order valence-electron chi connectivity index (χ4n) is 4.92. The first-order valence-electron chi connectivity index (χ1n) is 11.6. The molecule has 4 N–H and O–H groups in total. The van der Waals surface area contributed by atoms with E-state index in [1.54, 1.807) is 23.2 Å². The number of pyridine rings is 1. The third-order valence-electron chi connectivity index (χ3n) is 6.45. The normalized spacial score (nSPS) is 18.4. The first kappa shape index (κ1) is 25.0. The Labute approximate surface area is 212 Å². The van der Waals surface area contributed by atoms with E-state index in [0.717, 1.165) is 23.4 Å². The second kappa shape index (κ2) is 9.30. The number of sulfone groups is 1. The first-order chi connectivity index (χ1) is 17.5. The second-order valence-electron chi connectivity index (χ2n) is 9.59. The molecule has 10 nitrogen and oxygen atoms in total. The van der Waals surface area contributed by atoms with Gasteiger partial charge in [-0.05, 0) is 42.7 Å². The lowest BCUT2D eigenvalue weighted by Crippen LogP contribution is -2.58. The van der Waals surface area contributed by atoms with Crippen LogP contribution in [0, 0.1) is 11.6 Å². The smallest absolute Gasteiger partial charge is 0.165 e. The number of anilines is 2. The van der Waals surface area contributed by atoms with Gasteiger partial charge in [0.05, 0.1) is 36.2 Å². The second-order valence-corrected chi connectivity index (χ2v) is 11.7. The van der Waals surface area contributed by atoms with E-state index in [-0.39, 0.29) is 11.6 Å². The van der Waals surface area contributed by atoms with Crippen molar-refractivity contribution in [3.8, 4) is 11.3 Å². The van der Waals surface area contributed by atoms with Gasteiger partial charge in [0.25, 0.3) is 0 Å². The standard InChI is InChI=1S/C24H26F2N8O2S/c1-37(35,36)12-24(28)5-2-6-33(11-24)20-9-29-19(15-3-4-17(25)18(26)7-15)8-16(20)10-34-14-32-21-22(27)30-13-31-23(21)34/h3-4,7-9,13-14H,2,5-6,10-12,28H2,1H3,(H2,27,30,31). The van der Waals surface area contributed by atoms with Crippen LogP contribution < -0.4 is 16.4 Å². The van der Waals surface area contributed by atoms with Crippen LogP contribution in [0.5, 0.6) is 0 Å². The van der Waals surface area contributed by atoms with E-state index in [1.807, 2.05) is 4.90 Å². The van der Waals surface area contributed by atoms with E-state index < -0.39 is 27.0 Å². The van der Waals surface area contributed by atoms with Crippen molar-refractivity contribution < 1.29 is 17.2 Å². The number of rotatable bonds is 6. The molecule has 13 heteroatoms. The third kappa shape index (κ3) is 5.23. The molecular formula is C24H26F2N8O2S. The van der Waals surface area contributed by atoms with Crippen molar-refractivity contribution in [3.63, 3.8) is 0 Å². The molecule has 0 radical (unpaired) electrons. The quantitative estimate of drug-likeness (QED) is 0.384. The number of fused-ring (bicyclic) bond motifs is 1. The summed E-state index contributed by atoms with van der Waals surface area (Å²) >= 11 is 0. The SMILES string of the molecule is CS(=O)(=O)CC1(N)CCCN(c2cnc(-c3ccc(F)c(F)c3)cc2Cn2cnc3c(N)ncnc32)C1. The fraction of sp³-hybridized carbons (Fsp3) is 0.333. The molecule has 1 aliphatic heterocycles. The Hall–Kier alpha value is -3.71. The summed E-state index contributed by atoms with van der Waals surface area (Å²) in [5.74, 6) is -1.79. The molecule has 0 saturated carbocycles. The van der Waals surface area contributed by atoms with Crippen LogP contribution in [0.25, 0.3) is 22.4 Å². The largest absolute Gasteiger partial charge is 0.382 e. The highest BCUT2D eigenvalue weighted by molar-refractivity contribution is 7.90. The average Bonchev–Trinajstić information content (AvgIpc) is 3.23. The molecule has 4 heterocycles. The number of hydrogen-bond acceptors (Lipinski definition) is 9. The van der Waals surface area contributed by atoms with Gasteiger partial charge in [0.1, 0.15) is 21.7 Å². The van der Waals surface area contributed by atoms with Crippen molar-refractivity contribution in [2.75, 3.05) is 35.7 Å². The number of nitrogen functional groups attached to an aromatic ring is 1. The summed E-state index contributed by atoms with van der Waals surface area (Å²) in [4.78, 5) is 19.2. The van der Waals surface area contributed by atoms with E-state index in [4.69, 9.17) is 11.5 Å². The first-order valence-corrected chi connectivity index (χ1v) is 13.6. The molecule has 5 rings (SSSR count). The Morgan fingerprint density at radius 3 is 2.68 bits per heavy atom. The van der Waals surface area contributed by atoms with Crippen molar-refractivity contribution in [2.45, 2.75) is 24.9 Å². The molecule has 37 heavy (non-hydrogen) atoms. The molecule has 1 aliphatic rings. The molecule has 0 bridgehead atoms. The van der Waals surface area contributed by atoms with E-state index in [2.05, 4.69) is 19.9 Å². The molecule has 1 unspecified atom stereocenters. The van der Waals surface area contributed by atoms with Crippen LogP contribution in [0.3, 0.4) is 0 Å². The van der Waals surface area contributed by atoms with Gasteiger partial charge in [0.2, 0.25) is 0 Å². The molecule has 1 fully saturated rings. The minimum Gasteiger partial charge on any atom is -0.382 e. The van der Waals surface area contributed by atoms with Gasteiger partial charge in [0, 0.05) is 30.4 Å². The summed E-state index contributed by atoms with van der Waals surface area (Å²) in [6, 6.07) is 5.41. The summed E-state index contributed by atoms with van der Waals surface area (Å²) in [5, 5.41) is 0. The van der Waals surface area contributed by atoms with Gasteiger partial charge in [-0.25, -0.2) is 32.2 Å². The van der Waals surface area contributed by atoms with Gasteiger partial charge in [-0.2, -0.15) is 0 Å². The molecule has 4 aromatic rings. The topological polar surface area (TPSA) is 146 Å². The molecule has 194 valence electrons. The Balaban J connectivity index is 1.57. The lowest BCUT2D eigenvalue weighted by atomic mass is 9.91. The van der Waals surface area contributed by atoms with E-state index in [1.165, 1.54) is 18.6 Å². The van der Waals surface area contributed by atoms with Crippen LogP contribution in [-0.4, -0.2) is 63.6 Å². The highest BCUT2D eigenvalue weighted by Gasteiger charge is 2.35. The maximum Gasteiger partial charge on any atom is 0.165 e. The highest BCUT2D eigenvalue weighted by atomic mass is 32.2. The summed E-state index contributed by atoms with van der Waals surface area (Å²) < 4.78 is 53.4. The molecule has 0 spiro atoms. The fourth-order valence-corrected chi connectivity index (χ4v) is 6.20. The van der Waals surface area contributed by atoms with Gasteiger partial charge in [-0.3, -0.25) is 4.98 Å². The molecule has 3 aromatic heterocycles. The van der Waals surface area contributed by atoms with Gasteiger partial charge >= 0.3 is 0 Å². The lowest BCUT2D eigenvalue weighted by molar-refractivity contribution is 0.375. The minimum atomic E-state index is -3.29. The van der Waals surface area contributed by atoms with Gasteiger partial charge in [-0.1, -0.05) is 0 Å². The maximum atomic E-state index is 14.0. The van der Waals surface area contributed by atoms with E-state index in [0.29, 0.717) is 54.9 Å². The molecule has 0 amide bonds. The van der Waals surface area contributed by atoms with Crippen LogP contribution in [0.1, 0.15) is 18.4 Å². The molecule has 1 saturated heterocycles. The average molecular weight is 529 g/mol. The third-order valence-corrected chi connectivity index (χ3v) is 7.55. The van der Waals surface area contributed by atoms with Crippen molar-refractivity contribution in [3.05, 3.63) is 60.3 Å². The number of nitrogens with zero attached hydrogens (tertiary/aromatic N) is 6. The Morgan fingerprint density at radius 2 is 1.92 bits per heavy atom. The van der Waals surface area contributed by atoms with Gasteiger partial charge in [0.15, 0.2) is 23.1 Å². The predicted octanol–water partition coefficient (Wildman–Crippen LogP) is 2.14. The van der Waals surface area contributed by atoms with Crippen LogP contribution >= 0.6 is 0 Å². The van der Waals surface area contributed by atoms with Crippen molar-refractivity contribution in [1.29, 1.82) is 0 Å². The van der Waals surface area contributed by atoms with Crippen LogP contribution in [0.4, 0.5) is 20.3 Å². The van der Waals surface area contributed by atoms with E-state index >= 15 is 0 Å². The van der Waals surface area contributed by atoms with Gasteiger partial charge < -0.3 is 20.9 Å². The van der Waals surface area contributed by atoms with Crippen molar-refractivity contribution in [2.24, 2.45) is 5.73 Å². The number of imidazole rings is 1. The zero-order valence-corrected chi connectivity index (χ0v) is 20.9. The number of hydrogen-bond donors (Lipinski definition) is 2. The molecule has 1 aromatic carbocycles. The van der Waals surface area contributed by atoms with Crippen molar-refractivity contribution in [1.82, 2.24) is 24.5 Å². The minimum absolute atomic E-state index is 0.130. The molecular weight excluding hydrogens is 502 g/mol. The van der Waals surface area contributed by atoms with Gasteiger partial charge in [-0.15, -0.1) is 0 Å². The maximum absolute atomic E-state index is 14.0. The number of aromatic nitrogens is 5. The summed E-state index contributed by atoms with van der Waals surface area (Å²) in [6.45, 7) is 1.28. The summed E-state index contributed by atoms with van der Waals surface area (Å²) in [7, 11) is -3.29. The highest BCUT2D eigenvalue weighted by Crippen LogP contribution is 2.32. The summed E-state index contributed by atoms with van der Waals surface area (Å²) in [5.41, 5.74) is 15.0. The van der Waals surface area contributed by atoms with Crippen LogP contribution in [-0.2, 0) is 16.4 Å². The predicted molar refractivity (Wildman–Crippen MR) is 137 cm³/mol. The zero-order valence-electron chi connectivity index (χ0n) is 20.1. The molecule has 0 aliphatic carbocycles. The lowest BCUT2D eigenvalue weighted by Gasteiger charge is -2.41. The number of nitrogens with two attached hydrogens (primary N) is 2.